The van der Waals surface area contributed by atoms with Crippen LogP contribution < -0.4 is 5.32 Å². The molecule has 0 unspecified atom stereocenters. The lowest BCUT2D eigenvalue weighted by Gasteiger charge is -2.42. The summed E-state index contributed by atoms with van der Waals surface area (Å²) in [6.45, 7) is 3.22. The van der Waals surface area contributed by atoms with E-state index in [4.69, 9.17) is 0 Å². The molecule has 3 rings (SSSR count). The summed E-state index contributed by atoms with van der Waals surface area (Å²) in [5.74, 6) is 0. The predicted molar refractivity (Wildman–Crippen MR) is 75.5 cm³/mol. The quantitative estimate of drug-likeness (QED) is 0.882. The van der Waals surface area contributed by atoms with E-state index in [-0.39, 0.29) is 0 Å². The summed E-state index contributed by atoms with van der Waals surface area (Å²) < 4.78 is 0. The zero-order chi connectivity index (χ0) is 12.4. The lowest BCUT2D eigenvalue weighted by Crippen LogP contribution is -2.49. The lowest BCUT2D eigenvalue weighted by atomic mass is 9.75. The van der Waals surface area contributed by atoms with E-state index in [1.807, 2.05) is 12.3 Å². The molecule has 18 heavy (non-hydrogen) atoms. The van der Waals surface area contributed by atoms with Crippen molar-refractivity contribution in [2.24, 2.45) is 0 Å². The molecule has 0 amide bonds. The fraction of sp³-hybridized carbons (Fsp3) is 0.438. The zero-order valence-electron chi connectivity index (χ0n) is 10.9. The average molecular weight is 240 g/mol. The van der Waals surface area contributed by atoms with Crippen LogP contribution in [0.15, 0.2) is 36.5 Å². The molecule has 2 heteroatoms. The van der Waals surface area contributed by atoms with E-state index in [0.29, 0.717) is 5.54 Å². The van der Waals surface area contributed by atoms with Crippen LogP contribution in [0.1, 0.15) is 38.2 Å². The molecule has 0 bridgehead atoms. The van der Waals surface area contributed by atoms with E-state index in [1.165, 1.54) is 36.6 Å². The summed E-state index contributed by atoms with van der Waals surface area (Å²) in [6.07, 6.45) is 7.12. The topological polar surface area (TPSA) is 24.9 Å². The van der Waals surface area contributed by atoms with Gasteiger partial charge in [0.2, 0.25) is 0 Å². The van der Waals surface area contributed by atoms with Crippen LogP contribution >= 0.6 is 0 Å². The van der Waals surface area contributed by atoms with Gasteiger partial charge in [0.15, 0.2) is 0 Å². The second-order valence-electron chi connectivity index (χ2n) is 5.33. The SMILES string of the molecule is CCC1(NCc2cccc3cccnc23)CCC1. The number of hydrogen-bond acceptors (Lipinski definition) is 2. The number of fused-ring (bicyclic) bond motifs is 1. The monoisotopic (exact) mass is 240 g/mol. The fourth-order valence-corrected chi connectivity index (χ4v) is 2.85. The van der Waals surface area contributed by atoms with E-state index in [2.05, 4.69) is 41.5 Å². The maximum absolute atomic E-state index is 4.51. The van der Waals surface area contributed by atoms with E-state index in [1.54, 1.807) is 0 Å². The Balaban J connectivity index is 1.82. The lowest BCUT2D eigenvalue weighted by molar-refractivity contribution is 0.175. The highest BCUT2D eigenvalue weighted by Gasteiger charge is 2.34. The second-order valence-corrected chi connectivity index (χ2v) is 5.33. The van der Waals surface area contributed by atoms with Gasteiger partial charge < -0.3 is 5.32 Å². The second kappa shape index (κ2) is 4.69. The maximum Gasteiger partial charge on any atom is 0.0746 e. The van der Waals surface area contributed by atoms with Gasteiger partial charge in [-0.25, -0.2) is 0 Å². The number of aromatic nitrogens is 1. The molecule has 1 aromatic carbocycles. The van der Waals surface area contributed by atoms with Crippen molar-refractivity contribution in [1.29, 1.82) is 0 Å². The normalized spacial score (nSPS) is 17.6. The average Bonchev–Trinajstić information content (AvgIpc) is 2.38. The number of nitrogens with one attached hydrogen (secondary N) is 1. The Kier molecular flexibility index (Phi) is 3.04. The van der Waals surface area contributed by atoms with Crippen LogP contribution in [-0.4, -0.2) is 10.5 Å². The van der Waals surface area contributed by atoms with Crippen LogP contribution in [-0.2, 0) is 6.54 Å². The molecular weight excluding hydrogens is 220 g/mol. The Morgan fingerprint density at radius 2 is 2.06 bits per heavy atom. The van der Waals surface area contributed by atoms with Crippen molar-refractivity contribution < 1.29 is 0 Å². The highest BCUT2D eigenvalue weighted by atomic mass is 15.0. The highest BCUT2D eigenvalue weighted by molar-refractivity contribution is 5.81. The number of para-hydroxylation sites is 1. The molecule has 2 nitrogen and oxygen atoms in total. The van der Waals surface area contributed by atoms with Crippen molar-refractivity contribution in [1.82, 2.24) is 10.3 Å². The fourth-order valence-electron chi connectivity index (χ4n) is 2.85. The van der Waals surface area contributed by atoms with Gasteiger partial charge in [-0.05, 0) is 37.3 Å². The van der Waals surface area contributed by atoms with Gasteiger partial charge in [-0.1, -0.05) is 31.2 Å². The Morgan fingerprint density at radius 1 is 1.22 bits per heavy atom. The molecule has 1 saturated carbocycles. The van der Waals surface area contributed by atoms with E-state index in [9.17, 15) is 0 Å². The van der Waals surface area contributed by atoms with Gasteiger partial charge in [-0.3, -0.25) is 4.98 Å². The number of rotatable bonds is 4. The van der Waals surface area contributed by atoms with Gasteiger partial charge in [0.1, 0.15) is 0 Å². The molecule has 94 valence electrons. The minimum atomic E-state index is 0.400. The van der Waals surface area contributed by atoms with Crippen LogP contribution in [0, 0.1) is 0 Å². The minimum absolute atomic E-state index is 0.400. The van der Waals surface area contributed by atoms with Gasteiger partial charge in [0.25, 0.3) is 0 Å². The summed E-state index contributed by atoms with van der Waals surface area (Å²) in [4.78, 5) is 4.51. The zero-order valence-corrected chi connectivity index (χ0v) is 10.9. The molecule has 1 aliphatic carbocycles. The summed E-state index contributed by atoms with van der Waals surface area (Å²) in [6, 6.07) is 10.6. The molecule has 1 heterocycles. The summed E-state index contributed by atoms with van der Waals surface area (Å²) in [5.41, 5.74) is 2.85. The Morgan fingerprint density at radius 3 is 2.78 bits per heavy atom. The molecule has 1 aromatic heterocycles. The maximum atomic E-state index is 4.51. The first-order valence-corrected chi connectivity index (χ1v) is 6.91. The van der Waals surface area contributed by atoms with E-state index < -0.39 is 0 Å². The molecule has 1 aliphatic rings. The first-order chi connectivity index (χ1) is 8.83. The number of benzene rings is 1. The van der Waals surface area contributed by atoms with Crippen molar-refractivity contribution in [3.05, 3.63) is 42.1 Å². The van der Waals surface area contributed by atoms with Gasteiger partial charge in [0, 0.05) is 23.7 Å². The Labute approximate surface area is 108 Å². The van der Waals surface area contributed by atoms with E-state index >= 15 is 0 Å². The van der Waals surface area contributed by atoms with Crippen LogP contribution in [0.25, 0.3) is 10.9 Å². The first-order valence-electron chi connectivity index (χ1n) is 6.91. The van der Waals surface area contributed by atoms with Gasteiger partial charge >= 0.3 is 0 Å². The van der Waals surface area contributed by atoms with Gasteiger partial charge in [0.05, 0.1) is 5.52 Å². The molecule has 0 radical (unpaired) electrons. The third-order valence-electron chi connectivity index (χ3n) is 4.36. The summed E-state index contributed by atoms with van der Waals surface area (Å²) in [7, 11) is 0. The molecule has 0 saturated heterocycles. The third-order valence-corrected chi connectivity index (χ3v) is 4.36. The molecule has 1 N–H and O–H groups in total. The van der Waals surface area contributed by atoms with Crippen molar-refractivity contribution in [2.75, 3.05) is 0 Å². The molecule has 0 aliphatic heterocycles. The van der Waals surface area contributed by atoms with Crippen molar-refractivity contribution >= 4 is 10.9 Å². The van der Waals surface area contributed by atoms with Crippen LogP contribution in [0.4, 0.5) is 0 Å². The Bertz CT molecular complexity index is 533. The molecule has 0 spiro atoms. The number of nitrogens with zero attached hydrogens (tertiary/aromatic N) is 1. The molecule has 2 aromatic rings. The van der Waals surface area contributed by atoms with Crippen molar-refractivity contribution in [3.8, 4) is 0 Å². The molecule has 0 atom stereocenters. The van der Waals surface area contributed by atoms with Gasteiger partial charge in [-0.2, -0.15) is 0 Å². The minimum Gasteiger partial charge on any atom is -0.307 e. The largest absolute Gasteiger partial charge is 0.307 e. The van der Waals surface area contributed by atoms with Gasteiger partial charge in [-0.15, -0.1) is 0 Å². The number of pyridine rings is 1. The van der Waals surface area contributed by atoms with Crippen LogP contribution in [0.2, 0.25) is 0 Å². The van der Waals surface area contributed by atoms with Crippen LogP contribution in [0.3, 0.4) is 0 Å². The van der Waals surface area contributed by atoms with Crippen LogP contribution in [0.5, 0.6) is 0 Å². The summed E-state index contributed by atoms with van der Waals surface area (Å²) in [5, 5.41) is 4.98. The smallest absolute Gasteiger partial charge is 0.0746 e. The predicted octanol–water partition coefficient (Wildman–Crippen LogP) is 3.66. The third kappa shape index (κ3) is 2.01. The van der Waals surface area contributed by atoms with Crippen molar-refractivity contribution in [2.45, 2.75) is 44.7 Å². The first kappa shape index (κ1) is 11.7. The molecular formula is C16H20N2. The summed E-state index contributed by atoms with van der Waals surface area (Å²) >= 11 is 0. The Hall–Kier alpha value is -1.41. The van der Waals surface area contributed by atoms with Crippen molar-refractivity contribution in [3.63, 3.8) is 0 Å². The standard InChI is InChI=1S/C16H20N2/c1-2-16(9-5-10-16)18-12-14-7-3-6-13-8-4-11-17-15(13)14/h3-4,6-8,11,18H,2,5,9-10,12H2,1H3. The highest BCUT2D eigenvalue weighted by Crippen LogP contribution is 2.35. The molecule has 1 fully saturated rings. The number of hydrogen-bond donors (Lipinski definition) is 1. The van der Waals surface area contributed by atoms with E-state index in [0.717, 1.165) is 12.1 Å².